The predicted molar refractivity (Wildman–Crippen MR) is 73.2 cm³/mol. The number of carboxylic acids is 1. The number of fused-ring (bicyclic) bond motifs is 2. The Kier molecular flexibility index (Phi) is 4.03. The smallest absolute Gasteiger partial charge is 0.306 e. The van der Waals surface area contributed by atoms with E-state index in [4.69, 9.17) is 0 Å². The number of carbonyl (C=O) groups is 1. The minimum absolute atomic E-state index is 0.0469. The number of carboxylic acid groups (broad SMARTS) is 1. The summed E-state index contributed by atoms with van der Waals surface area (Å²) in [4.78, 5) is 11.4. The molecule has 0 saturated heterocycles. The Labute approximate surface area is 111 Å². The van der Waals surface area contributed by atoms with E-state index in [0.29, 0.717) is 23.7 Å². The van der Waals surface area contributed by atoms with Gasteiger partial charge < -0.3 is 5.11 Å². The van der Waals surface area contributed by atoms with E-state index in [2.05, 4.69) is 27.7 Å². The van der Waals surface area contributed by atoms with Crippen molar-refractivity contribution in [2.24, 2.45) is 41.4 Å². The molecule has 2 saturated carbocycles. The molecular weight excluding hydrogens is 224 g/mol. The van der Waals surface area contributed by atoms with E-state index in [1.165, 1.54) is 19.3 Å². The molecule has 2 aliphatic rings. The molecule has 7 unspecified atom stereocenters. The maximum absolute atomic E-state index is 11.4. The van der Waals surface area contributed by atoms with Crippen LogP contribution in [0, 0.1) is 41.4 Å². The van der Waals surface area contributed by atoms with Crippen molar-refractivity contribution in [3.05, 3.63) is 0 Å². The van der Waals surface area contributed by atoms with Crippen LogP contribution >= 0.6 is 0 Å². The van der Waals surface area contributed by atoms with Crippen molar-refractivity contribution < 1.29 is 9.90 Å². The zero-order chi connectivity index (χ0) is 13.4. The molecule has 7 atom stereocenters. The van der Waals surface area contributed by atoms with Gasteiger partial charge in [0.2, 0.25) is 0 Å². The molecule has 0 amide bonds. The van der Waals surface area contributed by atoms with E-state index < -0.39 is 5.97 Å². The van der Waals surface area contributed by atoms with Crippen molar-refractivity contribution in [2.45, 2.75) is 53.4 Å². The van der Waals surface area contributed by atoms with Crippen LogP contribution in [0.25, 0.3) is 0 Å². The van der Waals surface area contributed by atoms with Gasteiger partial charge in [-0.3, -0.25) is 4.79 Å². The van der Waals surface area contributed by atoms with Gasteiger partial charge in [-0.2, -0.15) is 0 Å². The highest BCUT2D eigenvalue weighted by Crippen LogP contribution is 2.60. The molecule has 2 nitrogen and oxygen atoms in total. The lowest BCUT2D eigenvalue weighted by Crippen LogP contribution is -2.38. The van der Waals surface area contributed by atoms with Crippen molar-refractivity contribution in [1.29, 1.82) is 0 Å². The van der Waals surface area contributed by atoms with Crippen molar-refractivity contribution in [1.82, 2.24) is 0 Å². The van der Waals surface area contributed by atoms with Crippen molar-refractivity contribution >= 4 is 5.97 Å². The lowest BCUT2D eigenvalue weighted by atomic mass is 9.64. The third-order valence-electron chi connectivity index (χ3n) is 6.05. The Bertz CT molecular complexity index is 312. The zero-order valence-electron chi connectivity index (χ0n) is 12.2. The Hall–Kier alpha value is -0.530. The average molecular weight is 252 g/mol. The highest BCUT2D eigenvalue weighted by Gasteiger charge is 2.56. The predicted octanol–water partition coefficient (Wildman–Crippen LogP) is 4.05. The van der Waals surface area contributed by atoms with Crippen molar-refractivity contribution in [3.63, 3.8) is 0 Å². The lowest BCUT2D eigenvalue weighted by Gasteiger charge is -2.40. The number of hydrogen-bond acceptors (Lipinski definition) is 1. The second-order valence-electron chi connectivity index (χ2n) is 6.77. The summed E-state index contributed by atoms with van der Waals surface area (Å²) in [6.45, 7) is 9.23. The molecule has 104 valence electrons. The van der Waals surface area contributed by atoms with Crippen molar-refractivity contribution in [3.8, 4) is 0 Å². The van der Waals surface area contributed by atoms with Gasteiger partial charge in [0, 0.05) is 0 Å². The second kappa shape index (κ2) is 5.22. The SMILES string of the molecule is CCC(C)C1C2CC(C(=O)O)C(C2)C1C(C)CC. The normalized spacial score (nSPS) is 41.9. The molecule has 0 aromatic heterocycles. The van der Waals surface area contributed by atoms with Crippen LogP contribution in [0.5, 0.6) is 0 Å². The molecule has 1 N–H and O–H groups in total. The van der Waals surface area contributed by atoms with Crippen LogP contribution in [0.1, 0.15) is 53.4 Å². The molecule has 0 radical (unpaired) electrons. The van der Waals surface area contributed by atoms with Gasteiger partial charge in [-0.1, -0.05) is 40.5 Å². The Balaban J connectivity index is 2.22. The van der Waals surface area contributed by atoms with Crippen LogP contribution in [0.15, 0.2) is 0 Å². The number of aliphatic carboxylic acids is 1. The van der Waals surface area contributed by atoms with Crippen LogP contribution in [0.2, 0.25) is 0 Å². The molecule has 0 aromatic carbocycles. The van der Waals surface area contributed by atoms with Crippen LogP contribution in [0.4, 0.5) is 0 Å². The standard InChI is InChI=1S/C16H28O2/c1-5-9(3)14-11-7-12(13(8-11)16(17)18)15(14)10(4)6-2/h9-15H,5-8H2,1-4H3,(H,17,18). The van der Waals surface area contributed by atoms with Gasteiger partial charge in [-0.25, -0.2) is 0 Å². The molecule has 2 heteroatoms. The first-order valence-corrected chi connectivity index (χ1v) is 7.73. The third-order valence-corrected chi connectivity index (χ3v) is 6.05. The third kappa shape index (κ3) is 2.08. The first-order valence-electron chi connectivity index (χ1n) is 7.73. The molecule has 2 aliphatic carbocycles. The molecule has 2 fully saturated rings. The molecule has 2 bridgehead atoms. The van der Waals surface area contributed by atoms with Gasteiger partial charge in [0.05, 0.1) is 5.92 Å². The summed E-state index contributed by atoms with van der Waals surface area (Å²) < 4.78 is 0. The molecule has 0 heterocycles. The summed E-state index contributed by atoms with van der Waals surface area (Å²) in [7, 11) is 0. The highest BCUT2D eigenvalue weighted by molar-refractivity contribution is 5.71. The van der Waals surface area contributed by atoms with E-state index in [1.807, 2.05) is 0 Å². The molecule has 0 aliphatic heterocycles. The Morgan fingerprint density at radius 3 is 2.17 bits per heavy atom. The van der Waals surface area contributed by atoms with E-state index in [0.717, 1.165) is 18.3 Å². The van der Waals surface area contributed by atoms with Gasteiger partial charge in [0.1, 0.15) is 0 Å². The molecular formula is C16H28O2. The zero-order valence-corrected chi connectivity index (χ0v) is 12.2. The molecule has 18 heavy (non-hydrogen) atoms. The summed E-state index contributed by atoms with van der Waals surface area (Å²) in [5.41, 5.74) is 0. The minimum Gasteiger partial charge on any atom is -0.481 e. The summed E-state index contributed by atoms with van der Waals surface area (Å²) >= 11 is 0. The number of hydrogen-bond donors (Lipinski definition) is 1. The largest absolute Gasteiger partial charge is 0.481 e. The van der Waals surface area contributed by atoms with Crippen LogP contribution in [-0.4, -0.2) is 11.1 Å². The Morgan fingerprint density at radius 2 is 1.67 bits per heavy atom. The average Bonchev–Trinajstić information content (AvgIpc) is 2.93. The minimum atomic E-state index is -0.543. The Morgan fingerprint density at radius 1 is 1.11 bits per heavy atom. The quantitative estimate of drug-likeness (QED) is 0.801. The second-order valence-corrected chi connectivity index (χ2v) is 6.77. The molecule has 2 rings (SSSR count). The van der Waals surface area contributed by atoms with E-state index >= 15 is 0 Å². The summed E-state index contributed by atoms with van der Waals surface area (Å²) in [5, 5.41) is 9.39. The van der Waals surface area contributed by atoms with Gasteiger partial charge >= 0.3 is 5.97 Å². The molecule has 0 spiro atoms. The van der Waals surface area contributed by atoms with Gasteiger partial charge in [-0.05, 0) is 48.3 Å². The van der Waals surface area contributed by atoms with Gasteiger partial charge in [0.25, 0.3) is 0 Å². The van der Waals surface area contributed by atoms with Crippen molar-refractivity contribution in [2.75, 3.05) is 0 Å². The van der Waals surface area contributed by atoms with Gasteiger partial charge in [0.15, 0.2) is 0 Å². The van der Waals surface area contributed by atoms with E-state index in [9.17, 15) is 9.90 Å². The fourth-order valence-electron chi connectivity index (χ4n) is 4.92. The van der Waals surface area contributed by atoms with Crippen LogP contribution in [0.3, 0.4) is 0 Å². The number of rotatable bonds is 5. The topological polar surface area (TPSA) is 37.3 Å². The van der Waals surface area contributed by atoms with E-state index in [-0.39, 0.29) is 5.92 Å². The monoisotopic (exact) mass is 252 g/mol. The fourth-order valence-corrected chi connectivity index (χ4v) is 4.92. The maximum Gasteiger partial charge on any atom is 0.306 e. The lowest BCUT2D eigenvalue weighted by molar-refractivity contribution is -0.145. The maximum atomic E-state index is 11.4. The summed E-state index contributed by atoms with van der Waals surface area (Å²) in [5.74, 6) is 3.43. The van der Waals surface area contributed by atoms with Crippen LogP contribution in [-0.2, 0) is 4.79 Å². The first kappa shape index (κ1) is 13.9. The van der Waals surface area contributed by atoms with Crippen LogP contribution < -0.4 is 0 Å². The first-order chi connectivity index (χ1) is 8.51. The summed E-state index contributed by atoms with van der Waals surface area (Å²) in [6, 6.07) is 0. The fraction of sp³-hybridized carbons (Fsp3) is 0.938. The highest BCUT2D eigenvalue weighted by atomic mass is 16.4. The summed E-state index contributed by atoms with van der Waals surface area (Å²) in [6.07, 6.45) is 4.55. The molecule has 0 aromatic rings. The van der Waals surface area contributed by atoms with E-state index in [1.54, 1.807) is 0 Å². The van der Waals surface area contributed by atoms with Gasteiger partial charge in [-0.15, -0.1) is 0 Å².